The zero-order valence-corrected chi connectivity index (χ0v) is 23.9. The van der Waals surface area contributed by atoms with E-state index in [-0.39, 0.29) is 0 Å². The van der Waals surface area contributed by atoms with Gasteiger partial charge in [0.15, 0.2) is 0 Å². The first-order valence-electron chi connectivity index (χ1n) is 15.9. The smallest absolute Gasteiger partial charge is 0.234 e. The molecule has 0 N–H and O–H groups in total. The first-order chi connectivity index (χ1) is 16.8. The van der Waals surface area contributed by atoms with Crippen LogP contribution in [0.1, 0.15) is 174 Å². The van der Waals surface area contributed by atoms with Crippen molar-refractivity contribution in [2.75, 3.05) is 0 Å². The lowest BCUT2D eigenvalue weighted by molar-refractivity contribution is -0.703. The molecule has 1 heterocycles. The first-order valence-corrected chi connectivity index (χ1v) is 15.9. The molecule has 0 radical (unpaired) electrons. The number of aromatic nitrogens is 2. The fraction of sp³-hybridized carbons (Fsp3) is 0.906. The standard InChI is InChI=1S/C32H63N2/c1-4-7-9-11-12-13-14-15-16-17-18-19-20-21-22-24-26-29-34-31-30-33(28-6-3)32(34)27-25-23-10-8-5-2/h30-31H,4-29H2,1-3H3/q+1. The van der Waals surface area contributed by atoms with Gasteiger partial charge in [-0.25, -0.2) is 9.13 Å². The van der Waals surface area contributed by atoms with E-state index in [1.165, 1.54) is 167 Å². The Balaban J connectivity index is 1.99. The Bertz CT molecular complexity index is 533. The van der Waals surface area contributed by atoms with Gasteiger partial charge < -0.3 is 0 Å². The highest BCUT2D eigenvalue weighted by Gasteiger charge is 2.15. The lowest BCUT2D eigenvalue weighted by Gasteiger charge is -2.06. The molecule has 0 amide bonds. The van der Waals surface area contributed by atoms with Crippen LogP contribution < -0.4 is 4.57 Å². The van der Waals surface area contributed by atoms with E-state index < -0.39 is 0 Å². The summed E-state index contributed by atoms with van der Waals surface area (Å²) < 4.78 is 5.09. The van der Waals surface area contributed by atoms with Crippen molar-refractivity contribution in [1.29, 1.82) is 0 Å². The molecule has 200 valence electrons. The van der Waals surface area contributed by atoms with E-state index in [4.69, 9.17) is 0 Å². The number of unbranched alkanes of at least 4 members (excludes halogenated alkanes) is 20. The Hall–Kier alpha value is -0.790. The molecule has 1 aromatic rings. The molecule has 2 nitrogen and oxygen atoms in total. The lowest BCUT2D eigenvalue weighted by Crippen LogP contribution is -2.37. The maximum atomic E-state index is 2.57. The summed E-state index contributed by atoms with van der Waals surface area (Å²) in [6, 6.07) is 0. The van der Waals surface area contributed by atoms with Crippen LogP contribution in [0, 0.1) is 0 Å². The topological polar surface area (TPSA) is 8.81 Å². The van der Waals surface area contributed by atoms with Gasteiger partial charge in [-0.2, -0.15) is 0 Å². The predicted molar refractivity (Wildman–Crippen MR) is 152 cm³/mol. The van der Waals surface area contributed by atoms with Gasteiger partial charge in [-0.1, -0.05) is 143 Å². The molecular formula is C32H63N2+. The van der Waals surface area contributed by atoms with E-state index in [9.17, 15) is 0 Å². The van der Waals surface area contributed by atoms with Gasteiger partial charge in [0.05, 0.1) is 13.1 Å². The number of hydrogen-bond donors (Lipinski definition) is 0. The van der Waals surface area contributed by atoms with Gasteiger partial charge >= 0.3 is 0 Å². The van der Waals surface area contributed by atoms with Gasteiger partial charge in [0.2, 0.25) is 0 Å². The highest BCUT2D eigenvalue weighted by Crippen LogP contribution is 2.15. The largest absolute Gasteiger partial charge is 0.256 e. The molecule has 0 unspecified atom stereocenters. The molecule has 34 heavy (non-hydrogen) atoms. The number of rotatable bonds is 26. The summed E-state index contributed by atoms with van der Waals surface area (Å²) in [6.45, 7) is 9.31. The molecule has 2 heteroatoms. The molecule has 0 aliphatic carbocycles. The Kier molecular flexibility index (Phi) is 22.0. The normalized spacial score (nSPS) is 11.5. The van der Waals surface area contributed by atoms with Crippen molar-refractivity contribution < 1.29 is 4.57 Å². The van der Waals surface area contributed by atoms with Crippen LogP contribution in [0.5, 0.6) is 0 Å². The van der Waals surface area contributed by atoms with E-state index >= 15 is 0 Å². The van der Waals surface area contributed by atoms with Gasteiger partial charge in [0, 0.05) is 6.42 Å². The second kappa shape index (κ2) is 23.9. The minimum absolute atomic E-state index is 1.18. The Morgan fingerprint density at radius 1 is 0.500 bits per heavy atom. The second-order valence-electron chi connectivity index (χ2n) is 10.9. The molecule has 0 saturated carbocycles. The molecule has 0 aliphatic heterocycles. The van der Waals surface area contributed by atoms with Crippen LogP contribution in [0.25, 0.3) is 0 Å². The molecule has 0 aliphatic rings. The van der Waals surface area contributed by atoms with E-state index in [2.05, 4.69) is 42.3 Å². The van der Waals surface area contributed by atoms with E-state index in [0.717, 1.165) is 0 Å². The monoisotopic (exact) mass is 475 g/mol. The van der Waals surface area contributed by atoms with Crippen LogP contribution in [-0.4, -0.2) is 4.57 Å². The zero-order valence-electron chi connectivity index (χ0n) is 23.9. The van der Waals surface area contributed by atoms with Gasteiger partial charge in [0.25, 0.3) is 5.82 Å². The molecule has 0 fully saturated rings. The van der Waals surface area contributed by atoms with E-state index in [0.29, 0.717) is 0 Å². The third kappa shape index (κ3) is 16.8. The van der Waals surface area contributed by atoms with Crippen molar-refractivity contribution >= 4 is 0 Å². The van der Waals surface area contributed by atoms with E-state index in [1.54, 1.807) is 5.82 Å². The second-order valence-corrected chi connectivity index (χ2v) is 10.9. The molecule has 1 aromatic heterocycles. The zero-order chi connectivity index (χ0) is 24.5. The Morgan fingerprint density at radius 2 is 0.912 bits per heavy atom. The minimum atomic E-state index is 1.18. The summed E-state index contributed by atoms with van der Waals surface area (Å²) >= 11 is 0. The highest BCUT2D eigenvalue weighted by atomic mass is 15.1. The SMILES string of the molecule is CCCCCCCCCCCCCCCCCCCn1cc[n+](CCC)c1CCCCCCC. The van der Waals surface area contributed by atoms with Gasteiger partial charge in [0.1, 0.15) is 12.4 Å². The van der Waals surface area contributed by atoms with Crippen LogP contribution >= 0.6 is 0 Å². The third-order valence-corrected chi connectivity index (χ3v) is 7.56. The summed E-state index contributed by atoms with van der Waals surface area (Å²) in [6.07, 6.45) is 38.7. The summed E-state index contributed by atoms with van der Waals surface area (Å²) in [7, 11) is 0. The van der Waals surface area contributed by atoms with Crippen molar-refractivity contribution in [2.45, 2.75) is 188 Å². The van der Waals surface area contributed by atoms with Crippen LogP contribution in [0.3, 0.4) is 0 Å². The van der Waals surface area contributed by atoms with Crippen LogP contribution in [0.4, 0.5) is 0 Å². The van der Waals surface area contributed by atoms with Crippen LogP contribution in [0.2, 0.25) is 0 Å². The molecule has 0 bridgehead atoms. The Labute approximate surface area is 215 Å². The van der Waals surface area contributed by atoms with Crippen LogP contribution in [-0.2, 0) is 19.5 Å². The van der Waals surface area contributed by atoms with Gasteiger partial charge in [-0.3, -0.25) is 0 Å². The molecule has 0 aromatic carbocycles. The van der Waals surface area contributed by atoms with Gasteiger partial charge in [-0.15, -0.1) is 0 Å². The summed E-state index contributed by atoms with van der Waals surface area (Å²) in [5.41, 5.74) is 0. The number of hydrogen-bond acceptors (Lipinski definition) is 0. The molecule has 0 spiro atoms. The minimum Gasteiger partial charge on any atom is -0.234 e. The van der Waals surface area contributed by atoms with Crippen molar-refractivity contribution in [3.05, 3.63) is 18.2 Å². The van der Waals surface area contributed by atoms with Gasteiger partial charge in [-0.05, 0) is 25.7 Å². The molecule has 0 atom stereocenters. The summed E-state index contributed by atoms with van der Waals surface area (Å²) in [4.78, 5) is 0. The lowest BCUT2D eigenvalue weighted by atomic mass is 10.0. The summed E-state index contributed by atoms with van der Waals surface area (Å²) in [5.74, 6) is 1.58. The third-order valence-electron chi connectivity index (χ3n) is 7.56. The highest BCUT2D eigenvalue weighted by molar-refractivity contribution is 4.84. The van der Waals surface area contributed by atoms with Crippen LogP contribution in [0.15, 0.2) is 12.4 Å². The average molecular weight is 476 g/mol. The Morgan fingerprint density at radius 3 is 1.35 bits per heavy atom. The predicted octanol–water partition coefficient (Wildman–Crippen LogP) is 10.4. The van der Waals surface area contributed by atoms with Crippen molar-refractivity contribution in [2.24, 2.45) is 0 Å². The number of imidazole rings is 1. The van der Waals surface area contributed by atoms with E-state index in [1.807, 2.05) is 0 Å². The fourth-order valence-corrected chi connectivity index (χ4v) is 5.33. The van der Waals surface area contributed by atoms with Crippen molar-refractivity contribution in [3.63, 3.8) is 0 Å². The maximum absolute atomic E-state index is 2.57. The maximum Gasteiger partial charge on any atom is 0.256 e. The summed E-state index contributed by atoms with van der Waals surface area (Å²) in [5, 5.41) is 0. The fourth-order valence-electron chi connectivity index (χ4n) is 5.33. The molecule has 0 saturated heterocycles. The first kappa shape index (κ1) is 31.2. The number of nitrogens with zero attached hydrogens (tertiary/aromatic N) is 2. The number of aryl methyl sites for hydroxylation is 2. The quantitative estimate of drug-likeness (QED) is 0.0930. The van der Waals surface area contributed by atoms with Crippen molar-refractivity contribution in [3.8, 4) is 0 Å². The average Bonchev–Trinajstić information content (AvgIpc) is 3.22. The van der Waals surface area contributed by atoms with Crippen molar-refractivity contribution in [1.82, 2.24) is 4.57 Å². The molecule has 1 rings (SSSR count). The molecular weight excluding hydrogens is 412 g/mol.